The van der Waals surface area contributed by atoms with E-state index in [0.717, 1.165) is 0 Å². The molecule has 0 saturated carbocycles. The van der Waals surface area contributed by atoms with E-state index in [0.29, 0.717) is 11.1 Å². The highest BCUT2D eigenvalue weighted by Crippen LogP contribution is 2.19. The van der Waals surface area contributed by atoms with Crippen molar-refractivity contribution in [2.45, 2.75) is 19.9 Å². The maximum Gasteiger partial charge on any atom is 0.328 e. The zero-order chi connectivity index (χ0) is 13.0. The van der Waals surface area contributed by atoms with Crippen LogP contribution in [0.4, 0.5) is 0 Å². The molecule has 17 heavy (non-hydrogen) atoms. The summed E-state index contributed by atoms with van der Waals surface area (Å²) in [6.45, 7) is 3.16. The molecule has 1 atom stereocenters. The number of methoxy groups -OCH3 is 1. The van der Waals surface area contributed by atoms with Gasteiger partial charge in [-0.25, -0.2) is 4.79 Å². The minimum absolute atomic E-state index is 0.0448. The summed E-state index contributed by atoms with van der Waals surface area (Å²) in [5, 5.41) is 12.0. The molecular formula is C12H15NO4. The van der Waals surface area contributed by atoms with Crippen molar-refractivity contribution in [3.8, 4) is 5.75 Å². The quantitative estimate of drug-likeness (QED) is 0.769. The summed E-state index contributed by atoms with van der Waals surface area (Å²) in [7, 11) is 1.25. The first-order chi connectivity index (χ1) is 7.97. The Morgan fingerprint density at radius 3 is 2.65 bits per heavy atom. The predicted molar refractivity (Wildman–Crippen MR) is 61.8 cm³/mol. The molecule has 2 N–H and O–H groups in total. The number of ether oxygens (including phenoxy) is 1. The third kappa shape index (κ3) is 2.96. The highest BCUT2D eigenvalue weighted by Gasteiger charge is 2.18. The van der Waals surface area contributed by atoms with Crippen molar-refractivity contribution in [1.82, 2.24) is 5.32 Å². The molecule has 5 heteroatoms. The number of nitrogens with one attached hydrogen (secondary N) is 1. The molecule has 1 unspecified atom stereocenters. The van der Waals surface area contributed by atoms with Crippen molar-refractivity contribution < 1.29 is 19.4 Å². The summed E-state index contributed by atoms with van der Waals surface area (Å²) < 4.78 is 4.50. The van der Waals surface area contributed by atoms with Crippen LogP contribution in [0.15, 0.2) is 18.2 Å². The van der Waals surface area contributed by atoms with Gasteiger partial charge in [0.2, 0.25) is 0 Å². The van der Waals surface area contributed by atoms with Crippen LogP contribution in [0.3, 0.4) is 0 Å². The molecule has 0 fully saturated rings. The highest BCUT2D eigenvalue weighted by atomic mass is 16.5. The molecule has 0 spiro atoms. The molecule has 0 bridgehead atoms. The van der Waals surface area contributed by atoms with Gasteiger partial charge in [-0.1, -0.05) is 6.07 Å². The van der Waals surface area contributed by atoms with Gasteiger partial charge >= 0.3 is 5.97 Å². The molecule has 0 aliphatic heterocycles. The number of carbonyl (C=O) groups is 2. The SMILES string of the molecule is COC(=O)C(C)NC(=O)c1cccc(O)c1C. The lowest BCUT2D eigenvalue weighted by Crippen LogP contribution is -2.39. The Labute approximate surface area is 99.4 Å². The van der Waals surface area contributed by atoms with Crippen LogP contribution >= 0.6 is 0 Å². The number of rotatable bonds is 3. The first kappa shape index (κ1) is 13.0. The van der Waals surface area contributed by atoms with Gasteiger partial charge in [-0.15, -0.1) is 0 Å². The molecule has 1 rings (SSSR count). The lowest BCUT2D eigenvalue weighted by Gasteiger charge is -2.13. The van der Waals surface area contributed by atoms with E-state index in [1.807, 2.05) is 0 Å². The van der Waals surface area contributed by atoms with Gasteiger partial charge in [0.15, 0.2) is 0 Å². The molecule has 0 aliphatic carbocycles. The van der Waals surface area contributed by atoms with E-state index in [2.05, 4.69) is 10.1 Å². The number of benzene rings is 1. The van der Waals surface area contributed by atoms with E-state index in [-0.39, 0.29) is 5.75 Å². The zero-order valence-electron chi connectivity index (χ0n) is 9.98. The highest BCUT2D eigenvalue weighted by molar-refractivity contribution is 5.98. The molecule has 1 aromatic rings. The van der Waals surface area contributed by atoms with E-state index in [1.54, 1.807) is 19.1 Å². The lowest BCUT2D eigenvalue weighted by molar-refractivity contribution is -0.142. The molecule has 1 aromatic carbocycles. The van der Waals surface area contributed by atoms with Crippen molar-refractivity contribution in [2.75, 3.05) is 7.11 Å². The smallest absolute Gasteiger partial charge is 0.328 e. The third-order valence-corrected chi connectivity index (χ3v) is 2.45. The van der Waals surface area contributed by atoms with Crippen molar-refractivity contribution in [2.24, 2.45) is 0 Å². The molecule has 0 aliphatic rings. The number of amides is 1. The Balaban J connectivity index is 2.84. The first-order valence-electron chi connectivity index (χ1n) is 5.14. The van der Waals surface area contributed by atoms with E-state index in [9.17, 15) is 14.7 Å². The normalized spacial score (nSPS) is 11.7. The molecule has 1 amide bonds. The minimum Gasteiger partial charge on any atom is -0.508 e. The first-order valence-corrected chi connectivity index (χ1v) is 5.14. The molecule has 0 heterocycles. The summed E-state index contributed by atoms with van der Waals surface area (Å²) in [5.74, 6) is -0.893. The van der Waals surface area contributed by atoms with Crippen LogP contribution in [0.2, 0.25) is 0 Å². The van der Waals surface area contributed by atoms with E-state index < -0.39 is 17.9 Å². The van der Waals surface area contributed by atoms with Crippen LogP contribution in [0.5, 0.6) is 5.75 Å². The van der Waals surface area contributed by atoms with Gasteiger partial charge < -0.3 is 15.2 Å². The van der Waals surface area contributed by atoms with Crippen molar-refractivity contribution >= 4 is 11.9 Å². The maximum atomic E-state index is 11.8. The second kappa shape index (κ2) is 5.34. The molecular weight excluding hydrogens is 222 g/mol. The van der Waals surface area contributed by atoms with E-state index in [4.69, 9.17) is 0 Å². The van der Waals surface area contributed by atoms with Gasteiger partial charge in [-0.05, 0) is 26.0 Å². The number of aromatic hydroxyl groups is 1. The number of phenolic OH excluding ortho intramolecular Hbond substituents is 1. The van der Waals surface area contributed by atoms with Crippen LogP contribution in [0.25, 0.3) is 0 Å². The fourth-order valence-corrected chi connectivity index (χ4v) is 1.38. The Hall–Kier alpha value is -2.04. The third-order valence-electron chi connectivity index (χ3n) is 2.45. The summed E-state index contributed by atoms with van der Waals surface area (Å²) >= 11 is 0. The van der Waals surface area contributed by atoms with Gasteiger partial charge in [0, 0.05) is 11.1 Å². The zero-order valence-corrected chi connectivity index (χ0v) is 9.98. The number of esters is 1. The van der Waals surface area contributed by atoms with Crippen LogP contribution in [0, 0.1) is 6.92 Å². The Kier molecular flexibility index (Phi) is 4.09. The number of hydrogen-bond donors (Lipinski definition) is 2. The van der Waals surface area contributed by atoms with Gasteiger partial charge in [0.25, 0.3) is 5.91 Å². The monoisotopic (exact) mass is 237 g/mol. The van der Waals surface area contributed by atoms with E-state index >= 15 is 0 Å². The summed E-state index contributed by atoms with van der Waals surface area (Å²) in [6.07, 6.45) is 0. The van der Waals surface area contributed by atoms with Gasteiger partial charge in [0.1, 0.15) is 11.8 Å². The van der Waals surface area contributed by atoms with Crippen molar-refractivity contribution in [3.63, 3.8) is 0 Å². The second-order valence-corrected chi connectivity index (χ2v) is 3.67. The van der Waals surface area contributed by atoms with Gasteiger partial charge in [-0.3, -0.25) is 4.79 Å². The molecule has 92 valence electrons. The van der Waals surface area contributed by atoms with Crippen molar-refractivity contribution in [3.05, 3.63) is 29.3 Å². The summed E-state index contributed by atoms with van der Waals surface area (Å²) in [5.41, 5.74) is 0.808. The van der Waals surface area contributed by atoms with Crippen LogP contribution in [-0.4, -0.2) is 30.1 Å². The topological polar surface area (TPSA) is 75.6 Å². The number of hydrogen-bond acceptors (Lipinski definition) is 4. The Morgan fingerprint density at radius 1 is 1.41 bits per heavy atom. The molecule has 0 radical (unpaired) electrons. The largest absolute Gasteiger partial charge is 0.508 e. The fourth-order valence-electron chi connectivity index (χ4n) is 1.38. The van der Waals surface area contributed by atoms with Crippen molar-refractivity contribution in [1.29, 1.82) is 0 Å². The van der Waals surface area contributed by atoms with Gasteiger partial charge in [-0.2, -0.15) is 0 Å². The average molecular weight is 237 g/mol. The number of phenols is 1. The lowest BCUT2D eigenvalue weighted by atomic mass is 10.1. The van der Waals surface area contributed by atoms with Crippen LogP contribution in [0.1, 0.15) is 22.8 Å². The summed E-state index contributed by atoms with van der Waals surface area (Å²) in [6, 6.07) is 3.92. The standard InChI is InChI=1S/C12H15NO4/c1-7-9(5-4-6-10(7)14)11(15)13-8(2)12(16)17-3/h4-6,8,14H,1-3H3,(H,13,15). The minimum atomic E-state index is -0.728. The molecule has 0 saturated heterocycles. The van der Waals surface area contributed by atoms with E-state index in [1.165, 1.54) is 20.1 Å². The fraction of sp³-hybridized carbons (Fsp3) is 0.333. The van der Waals surface area contributed by atoms with Crippen LogP contribution in [-0.2, 0) is 9.53 Å². The van der Waals surface area contributed by atoms with Crippen LogP contribution < -0.4 is 5.32 Å². The van der Waals surface area contributed by atoms with Gasteiger partial charge in [0.05, 0.1) is 7.11 Å². The molecule has 0 aromatic heterocycles. The number of carbonyl (C=O) groups excluding carboxylic acids is 2. The Bertz CT molecular complexity index is 442. The second-order valence-electron chi connectivity index (χ2n) is 3.67. The summed E-state index contributed by atoms with van der Waals surface area (Å²) in [4.78, 5) is 23.0. The average Bonchev–Trinajstić information content (AvgIpc) is 2.31. The maximum absolute atomic E-state index is 11.8. The molecule has 5 nitrogen and oxygen atoms in total. The Morgan fingerprint density at radius 2 is 2.06 bits per heavy atom. The predicted octanol–water partition coefficient (Wildman–Crippen LogP) is 0.992.